The average molecular weight is 293 g/mol. The van der Waals surface area contributed by atoms with Gasteiger partial charge in [0.2, 0.25) is 0 Å². The predicted octanol–water partition coefficient (Wildman–Crippen LogP) is 3.73. The number of fused-ring (bicyclic) bond motifs is 5. The van der Waals surface area contributed by atoms with E-state index in [1.165, 1.54) is 27.8 Å². The van der Waals surface area contributed by atoms with Gasteiger partial charge in [-0.15, -0.1) is 0 Å². The minimum absolute atomic E-state index is 0.205. The van der Waals surface area contributed by atoms with Crippen molar-refractivity contribution >= 4 is 0 Å². The molecule has 1 N–H and O–H groups in total. The van der Waals surface area contributed by atoms with E-state index in [0.717, 1.165) is 19.4 Å². The van der Waals surface area contributed by atoms with Crippen molar-refractivity contribution in [2.45, 2.75) is 37.9 Å². The molecule has 0 radical (unpaired) electrons. The van der Waals surface area contributed by atoms with Crippen LogP contribution in [0.25, 0.3) is 0 Å². The van der Waals surface area contributed by atoms with Crippen molar-refractivity contribution in [2.75, 3.05) is 13.6 Å². The average Bonchev–Trinajstić information content (AvgIpc) is 2.89. The van der Waals surface area contributed by atoms with Gasteiger partial charge < -0.3 is 10.1 Å². The van der Waals surface area contributed by atoms with Crippen molar-refractivity contribution < 1.29 is 4.74 Å². The lowest BCUT2D eigenvalue weighted by atomic mass is 9.87. The highest BCUT2D eigenvalue weighted by atomic mass is 16.5. The molecule has 1 heterocycles. The van der Waals surface area contributed by atoms with E-state index in [9.17, 15) is 0 Å². The highest BCUT2D eigenvalue weighted by molar-refractivity contribution is 5.46. The van der Waals surface area contributed by atoms with Crippen LogP contribution >= 0.6 is 0 Å². The van der Waals surface area contributed by atoms with E-state index >= 15 is 0 Å². The molecule has 0 aromatic heterocycles. The van der Waals surface area contributed by atoms with Crippen molar-refractivity contribution in [1.29, 1.82) is 0 Å². The first-order valence-corrected chi connectivity index (χ1v) is 8.23. The molecule has 1 aliphatic heterocycles. The van der Waals surface area contributed by atoms with Gasteiger partial charge in [-0.05, 0) is 49.1 Å². The fraction of sp³-hybridized carbons (Fsp3) is 0.400. The first kappa shape index (κ1) is 14.0. The normalized spacial score (nSPS) is 26.0. The van der Waals surface area contributed by atoms with Crippen molar-refractivity contribution in [3.05, 3.63) is 70.3 Å². The highest BCUT2D eigenvalue weighted by Crippen LogP contribution is 2.49. The van der Waals surface area contributed by atoms with Gasteiger partial charge in [0.05, 0.1) is 12.2 Å². The number of rotatable bonds is 2. The second kappa shape index (κ2) is 5.53. The quantitative estimate of drug-likeness (QED) is 0.911. The van der Waals surface area contributed by atoms with E-state index in [4.69, 9.17) is 4.74 Å². The number of hydrogen-bond donors (Lipinski definition) is 1. The highest BCUT2D eigenvalue weighted by Gasteiger charge is 2.40. The summed E-state index contributed by atoms with van der Waals surface area (Å²) in [5.74, 6) is 0.484. The second-order valence-electron chi connectivity index (χ2n) is 6.66. The molecule has 1 fully saturated rings. The molecular weight excluding hydrogens is 270 g/mol. The molecule has 1 aliphatic carbocycles. The first-order valence-electron chi connectivity index (χ1n) is 8.23. The van der Waals surface area contributed by atoms with Crippen LogP contribution in [-0.2, 0) is 11.2 Å². The molecule has 0 amide bonds. The third kappa shape index (κ3) is 2.27. The van der Waals surface area contributed by atoms with Crippen molar-refractivity contribution in [1.82, 2.24) is 5.32 Å². The molecule has 0 spiro atoms. The van der Waals surface area contributed by atoms with E-state index in [1.807, 2.05) is 7.05 Å². The van der Waals surface area contributed by atoms with Crippen LogP contribution in [0, 0.1) is 6.92 Å². The Labute approximate surface area is 132 Å². The molecule has 1 saturated heterocycles. The minimum atomic E-state index is 0.205. The fourth-order valence-electron chi connectivity index (χ4n) is 4.11. The van der Waals surface area contributed by atoms with Crippen LogP contribution < -0.4 is 5.32 Å². The fourth-order valence-corrected chi connectivity index (χ4v) is 4.11. The largest absolute Gasteiger partial charge is 0.368 e. The van der Waals surface area contributed by atoms with Crippen LogP contribution in [0.1, 0.15) is 46.3 Å². The van der Waals surface area contributed by atoms with Gasteiger partial charge in [-0.3, -0.25) is 0 Å². The number of ether oxygens (including phenoxy) is 1. The molecular formula is C20H23NO. The minimum Gasteiger partial charge on any atom is -0.368 e. The summed E-state index contributed by atoms with van der Waals surface area (Å²) < 4.78 is 6.46. The van der Waals surface area contributed by atoms with Gasteiger partial charge in [-0.2, -0.15) is 0 Å². The Bertz CT molecular complexity index is 694. The standard InChI is InChI=1S/C20H23NO/c1-13-7-8-15-10-14-5-3-4-6-17(14)19-11-16(12-21-2)22-20(19)18(15)9-13/h3-9,16,19-21H,10-12H2,1-2H3/t16-,19+,20-/m1/s1. The number of aryl methyl sites for hydroxylation is 1. The molecule has 114 valence electrons. The summed E-state index contributed by atoms with van der Waals surface area (Å²) in [5.41, 5.74) is 7.10. The molecule has 2 aromatic carbocycles. The number of hydrogen-bond acceptors (Lipinski definition) is 2. The summed E-state index contributed by atoms with van der Waals surface area (Å²) in [6, 6.07) is 15.8. The number of benzene rings is 2. The molecule has 2 aromatic rings. The molecule has 22 heavy (non-hydrogen) atoms. The Kier molecular flexibility index (Phi) is 3.51. The lowest BCUT2D eigenvalue weighted by molar-refractivity contribution is 0.0419. The molecule has 2 heteroatoms. The van der Waals surface area contributed by atoms with Crippen LogP contribution in [0.15, 0.2) is 42.5 Å². The summed E-state index contributed by atoms with van der Waals surface area (Å²) >= 11 is 0. The van der Waals surface area contributed by atoms with Crippen molar-refractivity contribution in [3.8, 4) is 0 Å². The van der Waals surface area contributed by atoms with Gasteiger partial charge in [0.25, 0.3) is 0 Å². The van der Waals surface area contributed by atoms with E-state index in [2.05, 4.69) is 54.7 Å². The molecule has 4 rings (SSSR count). The maximum absolute atomic E-state index is 6.46. The van der Waals surface area contributed by atoms with Crippen molar-refractivity contribution in [2.24, 2.45) is 0 Å². The zero-order chi connectivity index (χ0) is 15.1. The molecule has 3 atom stereocenters. The first-order chi connectivity index (χ1) is 10.8. The van der Waals surface area contributed by atoms with Crippen LogP contribution in [-0.4, -0.2) is 19.7 Å². The Morgan fingerprint density at radius 2 is 1.91 bits per heavy atom. The molecule has 0 bridgehead atoms. The lowest BCUT2D eigenvalue weighted by Gasteiger charge is -2.20. The molecule has 2 aliphatic rings. The SMILES string of the molecule is CNC[C@H]1C[C@H]2c3ccccc3Cc3ccc(C)cc3[C@H]2O1. The summed E-state index contributed by atoms with van der Waals surface area (Å²) in [7, 11) is 2.00. The van der Waals surface area contributed by atoms with Gasteiger partial charge in [0.1, 0.15) is 0 Å². The molecule has 2 nitrogen and oxygen atoms in total. The Morgan fingerprint density at radius 1 is 1.09 bits per heavy atom. The smallest absolute Gasteiger partial charge is 0.0901 e. The van der Waals surface area contributed by atoms with E-state index in [-0.39, 0.29) is 6.10 Å². The third-order valence-electron chi connectivity index (χ3n) is 5.10. The Hall–Kier alpha value is -1.64. The van der Waals surface area contributed by atoms with Gasteiger partial charge >= 0.3 is 0 Å². The topological polar surface area (TPSA) is 21.3 Å². The van der Waals surface area contributed by atoms with E-state index in [0.29, 0.717) is 12.0 Å². The van der Waals surface area contributed by atoms with Crippen LogP contribution in [0.5, 0.6) is 0 Å². The van der Waals surface area contributed by atoms with E-state index < -0.39 is 0 Å². The Balaban J connectivity index is 1.84. The maximum Gasteiger partial charge on any atom is 0.0901 e. The summed E-state index contributed by atoms with van der Waals surface area (Å²) in [4.78, 5) is 0. The van der Waals surface area contributed by atoms with Crippen LogP contribution in [0.4, 0.5) is 0 Å². The lowest BCUT2D eigenvalue weighted by Crippen LogP contribution is -2.23. The molecule has 0 unspecified atom stereocenters. The predicted molar refractivity (Wildman–Crippen MR) is 89.3 cm³/mol. The summed E-state index contributed by atoms with van der Waals surface area (Å²) in [5, 5.41) is 3.27. The maximum atomic E-state index is 6.46. The van der Waals surface area contributed by atoms with Gasteiger partial charge in [-0.25, -0.2) is 0 Å². The summed E-state index contributed by atoms with van der Waals surface area (Å²) in [6.07, 6.45) is 2.64. The van der Waals surface area contributed by atoms with Gasteiger partial charge in [0, 0.05) is 12.5 Å². The van der Waals surface area contributed by atoms with Gasteiger partial charge in [0.15, 0.2) is 0 Å². The summed E-state index contributed by atoms with van der Waals surface area (Å²) in [6.45, 7) is 3.10. The second-order valence-corrected chi connectivity index (χ2v) is 6.66. The monoisotopic (exact) mass is 293 g/mol. The van der Waals surface area contributed by atoms with Crippen LogP contribution in [0.3, 0.4) is 0 Å². The number of likely N-dealkylation sites (N-methyl/N-ethyl adjacent to an activating group) is 1. The van der Waals surface area contributed by atoms with Gasteiger partial charge in [-0.1, -0.05) is 48.0 Å². The van der Waals surface area contributed by atoms with E-state index in [1.54, 1.807) is 0 Å². The van der Waals surface area contributed by atoms with Crippen LogP contribution in [0.2, 0.25) is 0 Å². The number of nitrogens with one attached hydrogen (secondary N) is 1. The third-order valence-corrected chi connectivity index (χ3v) is 5.10. The van der Waals surface area contributed by atoms with Crippen molar-refractivity contribution in [3.63, 3.8) is 0 Å². The molecule has 0 saturated carbocycles. The zero-order valence-electron chi connectivity index (χ0n) is 13.3. The zero-order valence-corrected chi connectivity index (χ0v) is 13.3. The Morgan fingerprint density at radius 3 is 2.77 bits per heavy atom.